The third-order valence-electron chi connectivity index (χ3n) is 4.38. The normalized spacial score (nSPS) is 18.0. The number of carbonyl (C=O) groups is 1. The SMILES string of the molecule is CN(CC(=O)N1CCCC1)c1ccc(CNC2CC2)cc1. The summed E-state index contributed by atoms with van der Waals surface area (Å²) in [5, 5.41) is 3.52. The maximum atomic E-state index is 12.2. The van der Waals surface area contributed by atoms with Crippen molar-refractivity contribution in [2.45, 2.75) is 38.3 Å². The molecule has 1 amide bonds. The van der Waals surface area contributed by atoms with Gasteiger partial charge in [-0.2, -0.15) is 0 Å². The van der Waals surface area contributed by atoms with Gasteiger partial charge in [-0.25, -0.2) is 0 Å². The number of hydrogen-bond donors (Lipinski definition) is 1. The predicted molar refractivity (Wildman–Crippen MR) is 85.4 cm³/mol. The number of rotatable bonds is 6. The van der Waals surface area contributed by atoms with Crippen LogP contribution in [-0.2, 0) is 11.3 Å². The Morgan fingerprint density at radius 2 is 1.90 bits per heavy atom. The number of anilines is 1. The van der Waals surface area contributed by atoms with E-state index in [0.29, 0.717) is 6.54 Å². The van der Waals surface area contributed by atoms with E-state index in [1.165, 1.54) is 18.4 Å². The molecule has 1 aromatic carbocycles. The van der Waals surface area contributed by atoms with Gasteiger partial charge in [0.25, 0.3) is 0 Å². The molecule has 0 spiro atoms. The van der Waals surface area contributed by atoms with E-state index in [0.717, 1.165) is 44.2 Å². The highest BCUT2D eigenvalue weighted by molar-refractivity contribution is 5.81. The molecule has 1 N–H and O–H groups in total. The van der Waals surface area contributed by atoms with Crippen LogP contribution in [0.5, 0.6) is 0 Å². The van der Waals surface area contributed by atoms with E-state index in [9.17, 15) is 4.79 Å². The number of carbonyl (C=O) groups excluding carboxylic acids is 1. The fourth-order valence-electron chi connectivity index (χ4n) is 2.78. The van der Waals surface area contributed by atoms with Gasteiger partial charge in [-0.3, -0.25) is 4.79 Å². The van der Waals surface area contributed by atoms with Crippen molar-refractivity contribution in [1.82, 2.24) is 10.2 Å². The number of hydrogen-bond acceptors (Lipinski definition) is 3. The highest BCUT2D eigenvalue weighted by Gasteiger charge is 2.20. The third-order valence-corrected chi connectivity index (χ3v) is 4.38. The molecule has 2 fully saturated rings. The van der Waals surface area contributed by atoms with E-state index in [1.807, 2.05) is 16.8 Å². The van der Waals surface area contributed by atoms with E-state index in [2.05, 4.69) is 29.6 Å². The van der Waals surface area contributed by atoms with Crippen molar-refractivity contribution in [3.8, 4) is 0 Å². The summed E-state index contributed by atoms with van der Waals surface area (Å²) in [6, 6.07) is 9.27. The molecule has 1 saturated heterocycles. The third kappa shape index (κ3) is 3.97. The Bertz CT molecular complexity index is 475. The monoisotopic (exact) mass is 287 g/mol. The molecule has 1 aliphatic heterocycles. The smallest absolute Gasteiger partial charge is 0.242 e. The quantitative estimate of drug-likeness (QED) is 0.869. The summed E-state index contributed by atoms with van der Waals surface area (Å²) < 4.78 is 0. The molecule has 1 heterocycles. The minimum Gasteiger partial charge on any atom is -0.365 e. The van der Waals surface area contributed by atoms with Gasteiger partial charge in [-0.15, -0.1) is 0 Å². The van der Waals surface area contributed by atoms with Gasteiger partial charge in [0.2, 0.25) is 5.91 Å². The Hall–Kier alpha value is -1.55. The summed E-state index contributed by atoms with van der Waals surface area (Å²) in [4.78, 5) is 16.2. The maximum absolute atomic E-state index is 12.2. The average Bonchev–Trinajstić information content (AvgIpc) is 3.16. The van der Waals surface area contributed by atoms with Crippen LogP contribution in [0.15, 0.2) is 24.3 Å². The van der Waals surface area contributed by atoms with Crippen molar-refractivity contribution in [2.24, 2.45) is 0 Å². The zero-order chi connectivity index (χ0) is 14.7. The first kappa shape index (κ1) is 14.4. The minimum atomic E-state index is 0.245. The first-order chi connectivity index (χ1) is 10.2. The Kier molecular flexibility index (Phi) is 4.44. The lowest BCUT2D eigenvalue weighted by molar-refractivity contribution is -0.128. The Labute approximate surface area is 127 Å². The van der Waals surface area contributed by atoms with Crippen LogP contribution in [0.3, 0.4) is 0 Å². The molecule has 0 atom stereocenters. The van der Waals surface area contributed by atoms with Crippen LogP contribution in [0.2, 0.25) is 0 Å². The van der Waals surface area contributed by atoms with Crippen molar-refractivity contribution in [3.63, 3.8) is 0 Å². The zero-order valence-electron chi connectivity index (χ0n) is 12.8. The molecule has 114 valence electrons. The molecule has 4 nitrogen and oxygen atoms in total. The van der Waals surface area contributed by atoms with Crippen molar-refractivity contribution in [2.75, 3.05) is 31.6 Å². The van der Waals surface area contributed by atoms with Gasteiger partial charge < -0.3 is 15.1 Å². The number of nitrogens with zero attached hydrogens (tertiary/aromatic N) is 2. The van der Waals surface area contributed by atoms with Crippen LogP contribution in [0.1, 0.15) is 31.2 Å². The molecule has 3 rings (SSSR count). The minimum absolute atomic E-state index is 0.245. The molecule has 21 heavy (non-hydrogen) atoms. The number of nitrogens with one attached hydrogen (secondary N) is 1. The van der Waals surface area contributed by atoms with Gasteiger partial charge >= 0.3 is 0 Å². The summed E-state index contributed by atoms with van der Waals surface area (Å²) in [6.45, 7) is 3.28. The summed E-state index contributed by atoms with van der Waals surface area (Å²) >= 11 is 0. The largest absolute Gasteiger partial charge is 0.365 e. The van der Waals surface area contributed by atoms with Crippen molar-refractivity contribution < 1.29 is 4.79 Å². The van der Waals surface area contributed by atoms with Gasteiger partial charge in [-0.05, 0) is 43.4 Å². The second kappa shape index (κ2) is 6.48. The summed E-state index contributed by atoms with van der Waals surface area (Å²) in [5.41, 5.74) is 2.42. The maximum Gasteiger partial charge on any atom is 0.242 e. The van der Waals surface area contributed by atoms with E-state index in [1.54, 1.807) is 0 Å². The lowest BCUT2D eigenvalue weighted by Gasteiger charge is -2.23. The lowest BCUT2D eigenvalue weighted by atomic mass is 10.2. The van der Waals surface area contributed by atoms with Gasteiger partial charge in [0.05, 0.1) is 6.54 Å². The van der Waals surface area contributed by atoms with Gasteiger partial charge in [0.1, 0.15) is 0 Å². The summed E-state index contributed by atoms with van der Waals surface area (Å²) in [6.07, 6.45) is 4.94. The number of likely N-dealkylation sites (N-methyl/N-ethyl adjacent to an activating group) is 1. The molecule has 1 aliphatic carbocycles. The summed E-state index contributed by atoms with van der Waals surface area (Å²) in [7, 11) is 1.99. The molecular weight excluding hydrogens is 262 g/mol. The highest BCUT2D eigenvalue weighted by Crippen LogP contribution is 2.20. The van der Waals surface area contributed by atoms with Crippen LogP contribution in [-0.4, -0.2) is 43.5 Å². The number of amides is 1. The molecular formula is C17H25N3O. The topological polar surface area (TPSA) is 35.6 Å². The molecule has 1 saturated carbocycles. The molecule has 0 unspecified atom stereocenters. The molecule has 0 radical (unpaired) electrons. The highest BCUT2D eigenvalue weighted by atomic mass is 16.2. The van der Waals surface area contributed by atoms with Crippen LogP contribution >= 0.6 is 0 Å². The number of likely N-dealkylation sites (tertiary alicyclic amines) is 1. The zero-order valence-corrected chi connectivity index (χ0v) is 12.8. The van der Waals surface area contributed by atoms with E-state index in [4.69, 9.17) is 0 Å². The van der Waals surface area contributed by atoms with Gasteiger partial charge in [0, 0.05) is 38.4 Å². The van der Waals surface area contributed by atoms with E-state index in [-0.39, 0.29) is 5.91 Å². The standard InChI is InChI=1S/C17H25N3O/c1-19(13-17(21)20-10-2-3-11-20)16-8-4-14(5-9-16)12-18-15-6-7-15/h4-5,8-9,15,18H,2-3,6-7,10-13H2,1H3. The van der Waals surface area contributed by atoms with Crippen LogP contribution < -0.4 is 10.2 Å². The first-order valence-electron chi connectivity index (χ1n) is 8.03. The van der Waals surface area contributed by atoms with Crippen LogP contribution in [0, 0.1) is 0 Å². The van der Waals surface area contributed by atoms with Gasteiger partial charge in [0.15, 0.2) is 0 Å². The number of benzene rings is 1. The second-order valence-electron chi connectivity index (χ2n) is 6.27. The fourth-order valence-corrected chi connectivity index (χ4v) is 2.78. The van der Waals surface area contributed by atoms with Crippen molar-refractivity contribution in [3.05, 3.63) is 29.8 Å². The second-order valence-corrected chi connectivity index (χ2v) is 6.27. The Morgan fingerprint density at radius 3 is 2.52 bits per heavy atom. The average molecular weight is 287 g/mol. The Morgan fingerprint density at radius 1 is 1.24 bits per heavy atom. The van der Waals surface area contributed by atoms with E-state index >= 15 is 0 Å². The molecule has 2 aliphatic rings. The first-order valence-corrected chi connectivity index (χ1v) is 8.03. The van der Waals surface area contributed by atoms with Crippen LogP contribution in [0.4, 0.5) is 5.69 Å². The van der Waals surface area contributed by atoms with Crippen LogP contribution in [0.25, 0.3) is 0 Å². The lowest BCUT2D eigenvalue weighted by Crippen LogP contribution is -2.37. The van der Waals surface area contributed by atoms with Gasteiger partial charge in [-0.1, -0.05) is 12.1 Å². The molecule has 1 aromatic rings. The van der Waals surface area contributed by atoms with E-state index < -0.39 is 0 Å². The summed E-state index contributed by atoms with van der Waals surface area (Å²) in [5.74, 6) is 0.245. The van der Waals surface area contributed by atoms with Crippen molar-refractivity contribution >= 4 is 11.6 Å². The fraction of sp³-hybridized carbons (Fsp3) is 0.588. The predicted octanol–water partition coefficient (Wildman–Crippen LogP) is 2.00. The Balaban J connectivity index is 1.51. The molecule has 0 aromatic heterocycles. The molecule has 4 heteroatoms. The molecule has 0 bridgehead atoms. The van der Waals surface area contributed by atoms with Crippen molar-refractivity contribution in [1.29, 1.82) is 0 Å².